The lowest BCUT2D eigenvalue weighted by Gasteiger charge is -2.24. The van der Waals surface area contributed by atoms with E-state index in [1.54, 1.807) is 25.8 Å². The van der Waals surface area contributed by atoms with Gasteiger partial charge in [0.15, 0.2) is 0 Å². The number of anilines is 2. The first-order valence-electron chi connectivity index (χ1n) is 6.17. The number of nitro groups is 1. The van der Waals surface area contributed by atoms with Crippen LogP contribution in [0, 0.1) is 15.5 Å². The van der Waals surface area contributed by atoms with E-state index in [1.807, 2.05) is 0 Å². The fraction of sp³-hybridized carbons (Fsp3) is 0.462. The van der Waals surface area contributed by atoms with Gasteiger partial charge in [-0.1, -0.05) is 0 Å². The average Bonchev–Trinajstić information content (AvgIpc) is 2.34. The van der Waals surface area contributed by atoms with Crippen LogP contribution < -0.4 is 10.6 Å². The molecule has 0 radical (unpaired) electrons. The molecule has 0 atom stereocenters. The molecule has 0 bridgehead atoms. The topological polar surface area (TPSA) is 116 Å². The van der Waals surface area contributed by atoms with Gasteiger partial charge in [-0.2, -0.15) is 0 Å². The molecule has 0 amide bonds. The normalized spacial score (nSPS) is 11.2. The number of aliphatic hydroxyl groups is 1. The summed E-state index contributed by atoms with van der Waals surface area (Å²) in [4.78, 5) is 12.3. The second kappa shape index (κ2) is 5.87. The van der Waals surface area contributed by atoms with Crippen molar-refractivity contribution >= 4 is 23.3 Å². The minimum Gasteiger partial charge on any atom is -0.398 e. The molecule has 0 heterocycles. The second-order valence-corrected chi connectivity index (χ2v) is 5.36. The van der Waals surface area contributed by atoms with Gasteiger partial charge in [0.2, 0.25) is 0 Å². The van der Waals surface area contributed by atoms with Gasteiger partial charge in [0.05, 0.1) is 10.5 Å². The molecule has 0 saturated carbocycles. The van der Waals surface area contributed by atoms with E-state index < -0.39 is 10.5 Å². The highest BCUT2D eigenvalue weighted by Gasteiger charge is 2.21. The maximum atomic E-state index is 11.1. The first kappa shape index (κ1) is 15.9. The van der Waals surface area contributed by atoms with Crippen molar-refractivity contribution in [2.24, 2.45) is 0 Å². The van der Waals surface area contributed by atoms with Crippen LogP contribution in [0.15, 0.2) is 12.1 Å². The third-order valence-electron chi connectivity index (χ3n) is 3.00. The van der Waals surface area contributed by atoms with Crippen LogP contribution in [0.25, 0.3) is 0 Å². The highest BCUT2D eigenvalue weighted by molar-refractivity contribution is 5.89. The zero-order valence-corrected chi connectivity index (χ0v) is 11.9. The van der Waals surface area contributed by atoms with Gasteiger partial charge in [-0.15, -0.1) is 0 Å². The number of nitrogen functional groups attached to an aromatic ring is 1. The van der Waals surface area contributed by atoms with Gasteiger partial charge in [0.25, 0.3) is 5.69 Å². The molecule has 4 N–H and O–H groups in total. The van der Waals surface area contributed by atoms with E-state index in [4.69, 9.17) is 11.1 Å². The number of hydrogen-bond donors (Lipinski definition) is 3. The first-order valence-corrected chi connectivity index (χ1v) is 6.17. The molecule has 0 saturated heterocycles. The van der Waals surface area contributed by atoms with Gasteiger partial charge < -0.3 is 21.1 Å². The van der Waals surface area contributed by atoms with E-state index >= 15 is 0 Å². The Morgan fingerprint density at radius 1 is 1.55 bits per heavy atom. The Labute approximate surface area is 117 Å². The lowest BCUT2D eigenvalue weighted by molar-refractivity contribution is -0.384. The second-order valence-electron chi connectivity index (χ2n) is 5.36. The minimum atomic E-state index is -0.844. The van der Waals surface area contributed by atoms with Crippen molar-refractivity contribution in [3.05, 3.63) is 27.8 Å². The number of rotatable bonds is 6. The van der Waals surface area contributed by atoms with E-state index in [0.29, 0.717) is 29.9 Å². The molecule has 20 heavy (non-hydrogen) atoms. The molecule has 0 spiro atoms. The Bertz CT molecular complexity index is 523. The van der Waals surface area contributed by atoms with Gasteiger partial charge in [-0.05, 0) is 26.3 Å². The summed E-state index contributed by atoms with van der Waals surface area (Å²) in [6, 6.07) is 2.78. The Morgan fingerprint density at radius 2 is 2.15 bits per heavy atom. The molecule has 110 valence electrons. The van der Waals surface area contributed by atoms with E-state index in [1.165, 1.54) is 12.1 Å². The molecule has 0 aliphatic carbocycles. The number of nitrogens with zero attached hydrogens (tertiary/aromatic N) is 2. The van der Waals surface area contributed by atoms with Crippen molar-refractivity contribution in [3.63, 3.8) is 0 Å². The predicted octanol–water partition coefficient (Wildman–Crippen LogP) is 1.77. The summed E-state index contributed by atoms with van der Waals surface area (Å²) in [7, 11) is 1.71. The smallest absolute Gasteiger partial charge is 0.293 e. The van der Waals surface area contributed by atoms with E-state index in [2.05, 4.69) is 0 Å². The Balaban J connectivity index is 3.12. The monoisotopic (exact) mass is 280 g/mol. The summed E-state index contributed by atoms with van der Waals surface area (Å²) in [5.41, 5.74) is 5.83. The van der Waals surface area contributed by atoms with Gasteiger partial charge >= 0.3 is 0 Å². The number of benzene rings is 1. The van der Waals surface area contributed by atoms with Crippen molar-refractivity contribution in [2.45, 2.75) is 25.9 Å². The molecule has 1 aromatic carbocycles. The first-order chi connectivity index (χ1) is 9.15. The molecule has 0 aliphatic heterocycles. The summed E-state index contributed by atoms with van der Waals surface area (Å²) in [5, 5.41) is 28.0. The van der Waals surface area contributed by atoms with Gasteiger partial charge in [0, 0.05) is 37.1 Å². The number of nitrogens with one attached hydrogen (secondary N) is 1. The maximum Gasteiger partial charge on any atom is 0.293 e. The maximum absolute atomic E-state index is 11.1. The Hall–Kier alpha value is -2.15. The molecule has 0 fully saturated rings. The van der Waals surface area contributed by atoms with Gasteiger partial charge in [-0.3, -0.25) is 10.1 Å². The third-order valence-corrected chi connectivity index (χ3v) is 3.00. The Kier molecular flexibility index (Phi) is 4.67. The van der Waals surface area contributed by atoms with Crippen LogP contribution in [-0.4, -0.2) is 35.4 Å². The van der Waals surface area contributed by atoms with Crippen LogP contribution in [0.1, 0.15) is 25.8 Å². The van der Waals surface area contributed by atoms with Crippen LogP contribution in [0.3, 0.4) is 0 Å². The van der Waals surface area contributed by atoms with E-state index in [-0.39, 0.29) is 5.69 Å². The Morgan fingerprint density at radius 3 is 2.60 bits per heavy atom. The molecule has 1 aromatic rings. The standard InChI is InChI=1S/C13H20N4O3/c1-13(2,18)4-5-16(3)11-7-10(15)9(8-14)6-12(11)17(19)20/h6-8,14,18H,4-5,15H2,1-3H3. The highest BCUT2D eigenvalue weighted by Crippen LogP contribution is 2.32. The predicted molar refractivity (Wildman–Crippen MR) is 79.6 cm³/mol. The summed E-state index contributed by atoms with van der Waals surface area (Å²) in [6.07, 6.45) is 1.45. The third kappa shape index (κ3) is 3.92. The quantitative estimate of drug-likeness (QED) is 0.318. The van der Waals surface area contributed by atoms with Crippen LogP contribution in [-0.2, 0) is 0 Å². The van der Waals surface area contributed by atoms with Crippen molar-refractivity contribution in [2.75, 3.05) is 24.2 Å². The van der Waals surface area contributed by atoms with Crippen molar-refractivity contribution in [3.8, 4) is 0 Å². The SMILES string of the molecule is CN(CCC(C)(C)O)c1cc(N)c(C=N)cc1[N+](=O)[O-]. The highest BCUT2D eigenvalue weighted by atomic mass is 16.6. The molecule has 0 aromatic heterocycles. The average molecular weight is 280 g/mol. The lowest BCUT2D eigenvalue weighted by atomic mass is 10.0. The van der Waals surface area contributed by atoms with Crippen molar-refractivity contribution in [1.82, 2.24) is 0 Å². The van der Waals surface area contributed by atoms with Crippen molar-refractivity contribution < 1.29 is 10.0 Å². The lowest BCUT2D eigenvalue weighted by Crippen LogP contribution is -2.28. The van der Waals surface area contributed by atoms with Crippen LogP contribution in [0.5, 0.6) is 0 Å². The van der Waals surface area contributed by atoms with Gasteiger partial charge in [-0.25, -0.2) is 0 Å². The molecule has 7 heteroatoms. The van der Waals surface area contributed by atoms with Crippen molar-refractivity contribution in [1.29, 1.82) is 5.41 Å². The largest absolute Gasteiger partial charge is 0.398 e. The van der Waals surface area contributed by atoms with E-state index in [0.717, 1.165) is 6.21 Å². The fourth-order valence-electron chi connectivity index (χ4n) is 1.75. The van der Waals surface area contributed by atoms with E-state index in [9.17, 15) is 15.2 Å². The molecule has 0 aliphatic rings. The van der Waals surface area contributed by atoms with Crippen LogP contribution in [0.2, 0.25) is 0 Å². The summed E-state index contributed by atoms with van der Waals surface area (Å²) < 4.78 is 0. The number of nitro benzene ring substituents is 1. The zero-order valence-electron chi connectivity index (χ0n) is 11.9. The number of nitrogens with two attached hydrogens (primary N) is 1. The molecular formula is C13H20N4O3. The zero-order chi connectivity index (χ0) is 15.5. The molecular weight excluding hydrogens is 260 g/mol. The van der Waals surface area contributed by atoms with Gasteiger partial charge in [0.1, 0.15) is 5.69 Å². The van der Waals surface area contributed by atoms with Crippen LogP contribution >= 0.6 is 0 Å². The summed E-state index contributed by atoms with van der Waals surface area (Å²) >= 11 is 0. The number of hydrogen-bond acceptors (Lipinski definition) is 6. The molecule has 0 unspecified atom stereocenters. The molecule has 7 nitrogen and oxygen atoms in total. The fourth-order valence-corrected chi connectivity index (χ4v) is 1.75. The molecule has 1 rings (SSSR count). The summed E-state index contributed by atoms with van der Waals surface area (Å²) in [5.74, 6) is 0. The summed E-state index contributed by atoms with van der Waals surface area (Å²) in [6.45, 7) is 3.82. The minimum absolute atomic E-state index is 0.101. The van der Waals surface area contributed by atoms with Crippen LogP contribution in [0.4, 0.5) is 17.1 Å².